The second kappa shape index (κ2) is 7.11. The number of nitrogens with zero attached hydrogens (tertiary/aromatic N) is 4. The third-order valence-electron chi connectivity index (χ3n) is 4.60. The highest BCUT2D eigenvalue weighted by Crippen LogP contribution is 2.24. The van der Waals surface area contributed by atoms with Crippen LogP contribution < -0.4 is 5.73 Å². The molecule has 1 aliphatic heterocycles. The molecule has 0 spiro atoms. The highest BCUT2D eigenvalue weighted by molar-refractivity contribution is 5.90. The van der Waals surface area contributed by atoms with Gasteiger partial charge in [0, 0.05) is 35.2 Å². The number of alkyl halides is 1. The van der Waals surface area contributed by atoms with Crippen LogP contribution in [0.15, 0.2) is 36.4 Å². The Morgan fingerprint density at radius 3 is 2.97 bits per heavy atom. The highest BCUT2D eigenvalue weighted by Gasteiger charge is 2.42. The molecule has 1 aromatic carbocycles. The molecule has 3 heterocycles. The van der Waals surface area contributed by atoms with Crippen LogP contribution in [0, 0.1) is 11.8 Å². The number of aromatic nitrogens is 3. The number of aliphatic hydroxyl groups is 1. The van der Waals surface area contributed by atoms with Crippen molar-refractivity contribution in [2.75, 3.05) is 19.3 Å². The Labute approximate surface area is 170 Å². The lowest BCUT2D eigenvalue weighted by Crippen LogP contribution is -2.37. The van der Waals surface area contributed by atoms with Crippen molar-refractivity contribution in [2.24, 2.45) is 0 Å². The number of halogens is 1. The van der Waals surface area contributed by atoms with E-state index < -0.39 is 25.2 Å². The maximum atomic E-state index is 12.9. The molecule has 3 N–H and O–H groups in total. The number of anilines is 1. The highest BCUT2D eigenvalue weighted by atomic mass is 19.1. The number of nitrogens with two attached hydrogens (primary N) is 1. The molecule has 1 aliphatic rings. The average molecular weight is 394 g/mol. The third kappa shape index (κ3) is 3.48. The van der Waals surface area contributed by atoms with Gasteiger partial charge in [0.15, 0.2) is 11.6 Å². The molecule has 0 radical (unpaired) electrons. The Morgan fingerprint density at radius 2 is 2.21 bits per heavy atom. The van der Waals surface area contributed by atoms with Gasteiger partial charge in [-0.05, 0) is 24.3 Å². The zero-order chi connectivity index (χ0) is 23.1. The van der Waals surface area contributed by atoms with Gasteiger partial charge < -0.3 is 15.7 Å². The Hall–Kier alpha value is -3.57. The molecule has 4 rings (SSSR count). The number of pyridine rings is 1. The van der Waals surface area contributed by atoms with Gasteiger partial charge in [-0.2, -0.15) is 0 Å². The summed E-state index contributed by atoms with van der Waals surface area (Å²) in [5.74, 6) is 4.40. The lowest BCUT2D eigenvalue weighted by Gasteiger charge is -2.13. The summed E-state index contributed by atoms with van der Waals surface area (Å²) < 4.78 is 35.0. The van der Waals surface area contributed by atoms with E-state index in [1.165, 1.54) is 0 Å². The van der Waals surface area contributed by atoms with Crippen molar-refractivity contribution in [3.63, 3.8) is 0 Å². The second-order valence-corrected chi connectivity index (χ2v) is 6.62. The monoisotopic (exact) mass is 394 g/mol. The quantitative estimate of drug-likeness (QED) is 0.641. The lowest BCUT2D eigenvalue weighted by molar-refractivity contribution is -0.137. The first-order valence-corrected chi connectivity index (χ1v) is 8.78. The lowest BCUT2D eigenvalue weighted by atomic mass is 10.0. The summed E-state index contributed by atoms with van der Waals surface area (Å²) >= 11 is 0. The largest absolute Gasteiger partial charge is 0.382 e. The summed E-state index contributed by atoms with van der Waals surface area (Å²) in [5, 5.41) is 10.6. The van der Waals surface area contributed by atoms with Gasteiger partial charge in [-0.25, -0.2) is 19.3 Å². The zero-order valence-corrected chi connectivity index (χ0v) is 15.2. The summed E-state index contributed by atoms with van der Waals surface area (Å²) in [4.78, 5) is 25.4. The predicted molar refractivity (Wildman–Crippen MR) is 106 cm³/mol. The van der Waals surface area contributed by atoms with E-state index in [4.69, 9.17) is 9.85 Å². The van der Waals surface area contributed by atoms with Crippen molar-refractivity contribution in [2.45, 2.75) is 18.7 Å². The minimum absolute atomic E-state index is 0.0155. The first-order valence-electron chi connectivity index (χ1n) is 10.3. The van der Waals surface area contributed by atoms with Gasteiger partial charge in [-0.15, -0.1) is 0 Å². The first-order chi connectivity index (χ1) is 15.1. The first kappa shape index (κ1) is 15.4. The van der Waals surface area contributed by atoms with E-state index in [0.29, 0.717) is 32.8 Å². The van der Waals surface area contributed by atoms with Gasteiger partial charge >= 0.3 is 0 Å². The van der Waals surface area contributed by atoms with Crippen molar-refractivity contribution in [3.05, 3.63) is 47.8 Å². The molecule has 0 bridgehead atoms. The standard InChI is InChI=1S/C21H18FN5O2/c1-27-10-9-21(29,20(27)28)8-7-13-3-2-4-14(11-13)15-5-6-16-18(25-15)19(23)26-17(12-22)24-16/h2-6,11,29H,9-10,12H2,1H3,(H2,23,24,26)/t21-/m0/s1/i1D3. The van der Waals surface area contributed by atoms with Gasteiger partial charge in [-0.3, -0.25) is 4.79 Å². The number of amides is 1. The number of carbonyl (C=O) groups is 1. The molecule has 1 atom stereocenters. The van der Waals surface area contributed by atoms with E-state index in [0.717, 1.165) is 0 Å². The summed E-state index contributed by atoms with van der Waals surface area (Å²) in [6, 6.07) is 10.3. The van der Waals surface area contributed by atoms with E-state index in [9.17, 15) is 14.3 Å². The Bertz CT molecular complexity index is 1290. The number of likely N-dealkylation sites (tertiary alicyclic amines) is 1. The minimum atomic E-state index is -2.62. The molecule has 29 heavy (non-hydrogen) atoms. The molecule has 7 nitrogen and oxygen atoms in total. The topological polar surface area (TPSA) is 105 Å². The van der Waals surface area contributed by atoms with Crippen LogP contribution in [-0.2, 0) is 11.5 Å². The number of hydrogen-bond donors (Lipinski definition) is 2. The molecule has 1 fully saturated rings. The number of fused-ring (bicyclic) bond motifs is 1. The Kier molecular flexibility index (Phi) is 3.77. The fourth-order valence-electron chi connectivity index (χ4n) is 3.06. The summed E-state index contributed by atoms with van der Waals surface area (Å²) in [6.45, 7) is -3.56. The molecule has 1 saturated heterocycles. The van der Waals surface area contributed by atoms with Crippen molar-refractivity contribution >= 4 is 22.8 Å². The van der Waals surface area contributed by atoms with E-state index >= 15 is 0 Å². The molecular formula is C21H18FN5O2. The van der Waals surface area contributed by atoms with Crippen LogP contribution in [0.25, 0.3) is 22.3 Å². The summed E-state index contributed by atoms with van der Waals surface area (Å²) in [5.41, 5.74) is 6.33. The molecule has 0 aliphatic carbocycles. The average Bonchev–Trinajstić information content (AvgIpc) is 3.07. The molecule has 146 valence electrons. The van der Waals surface area contributed by atoms with Crippen LogP contribution >= 0.6 is 0 Å². The van der Waals surface area contributed by atoms with Crippen molar-refractivity contribution in [1.29, 1.82) is 0 Å². The maximum Gasteiger partial charge on any atom is 0.267 e. The van der Waals surface area contributed by atoms with Crippen molar-refractivity contribution < 1.29 is 18.4 Å². The number of rotatable bonds is 2. The SMILES string of the molecule is [2H]C([2H])([2H])N1CC[C@@](O)(C#Cc2cccc(-c3ccc4nc(CF)nc(N)c4n3)c2)C1=O. The van der Waals surface area contributed by atoms with Gasteiger partial charge in [-0.1, -0.05) is 24.0 Å². The van der Waals surface area contributed by atoms with E-state index in [1.54, 1.807) is 36.4 Å². The molecule has 2 aromatic heterocycles. The van der Waals surface area contributed by atoms with Crippen LogP contribution in [0.3, 0.4) is 0 Å². The van der Waals surface area contributed by atoms with Gasteiger partial charge in [0.2, 0.25) is 5.60 Å². The van der Waals surface area contributed by atoms with E-state index in [-0.39, 0.29) is 24.6 Å². The number of likely N-dealkylation sites (N-methyl/N-ethyl adjacent to an activating group) is 1. The third-order valence-corrected chi connectivity index (χ3v) is 4.60. The molecule has 3 aromatic rings. The summed E-state index contributed by atoms with van der Waals surface area (Å²) in [6.07, 6.45) is -0.0940. The smallest absolute Gasteiger partial charge is 0.267 e. The van der Waals surface area contributed by atoms with E-state index in [1.807, 2.05) is 0 Å². The number of hydrogen-bond acceptors (Lipinski definition) is 6. The Balaban J connectivity index is 1.65. The Morgan fingerprint density at radius 1 is 1.34 bits per heavy atom. The van der Waals surface area contributed by atoms with E-state index in [2.05, 4.69) is 26.8 Å². The summed E-state index contributed by atoms with van der Waals surface area (Å²) in [7, 11) is 0. The van der Waals surface area contributed by atoms with Crippen LogP contribution in [0.1, 0.15) is 21.9 Å². The second-order valence-electron chi connectivity index (χ2n) is 6.62. The molecule has 0 unspecified atom stereocenters. The van der Waals surface area contributed by atoms with Gasteiger partial charge in [0.1, 0.15) is 12.2 Å². The fraction of sp³-hybridized carbons (Fsp3) is 0.238. The molecule has 1 amide bonds. The zero-order valence-electron chi connectivity index (χ0n) is 18.2. The van der Waals surface area contributed by atoms with Crippen LogP contribution in [-0.4, -0.2) is 50.0 Å². The predicted octanol–water partition coefficient (Wildman–Crippen LogP) is 1.69. The molecular weight excluding hydrogens is 373 g/mol. The minimum Gasteiger partial charge on any atom is -0.382 e. The van der Waals surface area contributed by atoms with Crippen molar-refractivity contribution in [3.8, 4) is 23.1 Å². The van der Waals surface area contributed by atoms with Gasteiger partial charge in [0.25, 0.3) is 5.91 Å². The molecule has 8 heteroatoms. The maximum absolute atomic E-state index is 12.9. The normalized spacial score (nSPS) is 20.7. The van der Waals surface area contributed by atoms with Crippen LogP contribution in [0.2, 0.25) is 0 Å². The van der Waals surface area contributed by atoms with Crippen LogP contribution in [0.4, 0.5) is 10.2 Å². The number of nitrogen functional groups attached to an aromatic ring is 1. The molecule has 0 saturated carbocycles. The number of carbonyl (C=O) groups excluding carboxylic acids is 1. The number of benzene rings is 1. The van der Waals surface area contributed by atoms with Gasteiger partial charge in [0.05, 0.1) is 11.2 Å². The van der Waals surface area contributed by atoms with Crippen molar-refractivity contribution in [1.82, 2.24) is 19.9 Å². The van der Waals surface area contributed by atoms with Crippen LogP contribution in [0.5, 0.6) is 0 Å². The fourth-order valence-corrected chi connectivity index (χ4v) is 3.06.